The van der Waals surface area contributed by atoms with E-state index in [9.17, 15) is 4.79 Å². The zero-order chi connectivity index (χ0) is 20.5. The molecule has 2 atom stereocenters. The minimum atomic E-state index is -0.620. The van der Waals surface area contributed by atoms with E-state index in [1.807, 2.05) is 49.1 Å². The van der Waals surface area contributed by atoms with Gasteiger partial charge in [-0.05, 0) is 26.0 Å². The van der Waals surface area contributed by atoms with E-state index in [-0.39, 0.29) is 17.9 Å². The molecule has 2 aromatic rings. The van der Waals surface area contributed by atoms with Crippen LogP contribution in [-0.4, -0.2) is 59.2 Å². The molecule has 0 aliphatic carbocycles. The van der Waals surface area contributed by atoms with Crippen molar-refractivity contribution in [3.8, 4) is 11.5 Å². The summed E-state index contributed by atoms with van der Waals surface area (Å²) in [7, 11) is 0. The maximum Gasteiger partial charge on any atom is 0.267 e. The van der Waals surface area contributed by atoms with Crippen molar-refractivity contribution < 1.29 is 14.3 Å². The second-order valence-corrected chi connectivity index (χ2v) is 8.00. The Balaban J connectivity index is 1.42. The first-order valence-corrected chi connectivity index (χ1v) is 10.2. The number of carbonyl (C=O) groups is 1. The maximum atomic E-state index is 13.1. The van der Waals surface area contributed by atoms with Crippen LogP contribution in [0.15, 0.2) is 30.3 Å². The number of piperazine rings is 1. The van der Waals surface area contributed by atoms with E-state index in [1.54, 1.807) is 0 Å². The Kier molecular flexibility index (Phi) is 5.30. The third-order valence-corrected chi connectivity index (χ3v) is 5.38. The molecule has 0 spiro atoms. The van der Waals surface area contributed by atoms with Gasteiger partial charge in [0.15, 0.2) is 11.5 Å². The van der Waals surface area contributed by atoms with E-state index < -0.39 is 6.10 Å². The van der Waals surface area contributed by atoms with Crippen LogP contribution in [0.3, 0.4) is 0 Å². The predicted octanol–water partition coefficient (Wildman–Crippen LogP) is 2.79. The van der Waals surface area contributed by atoms with Gasteiger partial charge < -0.3 is 19.3 Å². The molecule has 29 heavy (non-hydrogen) atoms. The molecule has 0 N–H and O–H groups in total. The first-order chi connectivity index (χ1) is 13.9. The normalized spacial score (nSPS) is 21.4. The van der Waals surface area contributed by atoms with Crippen molar-refractivity contribution in [1.29, 1.82) is 0 Å². The van der Waals surface area contributed by atoms with Crippen LogP contribution in [0.4, 0.5) is 5.82 Å². The van der Waals surface area contributed by atoms with E-state index in [0.29, 0.717) is 24.6 Å². The molecule has 0 saturated carbocycles. The highest BCUT2D eigenvalue weighted by Gasteiger charge is 2.37. The molecule has 0 bridgehead atoms. The van der Waals surface area contributed by atoms with Crippen molar-refractivity contribution >= 4 is 11.7 Å². The summed E-state index contributed by atoms with van der Waals surface area (Å²) >= 11 is 0. The van der Waals surface area contributed by atoms with Gasteiger partial charge in [0.25, 0.3) is 5.91 Å². The fourth-order valence-electron chi connectivity index (χ4n) is 3.72. The summed E-state index contributed by atoms with van der Waals surface area (Å²) in [5.74, 6) is 3.37. The topological polar surface area (TPSA) is 67.8 Å². The average molecular weight is 396 g/mol. The number of fused-ring (bicyclic) bond motifs is 1. The molecule has 4 rings (SSSR count). The lowest BCUT2D eigenvalue weighted by Crippen LogP contribution is -2.56. The molecule has 2 aliphatic heterocycles. The summed E-state index contributed by atoms with van der Waals surface area (Å²) in [6, 6.07) is 9.49. The number of aromatic nitrogens is 2. The quantitative estimate of drug-likeness (QED) is 0.795. The van der Waals surface area contributed by atoms with Crippen LogP contribution in [0.5, 0.6) is 11.5 Å². The zero-order valence-electron chi connectivity index (χ0n) is 17.5. The Morgan fingerprint density at radius 3 is 2.38 bits per heavy atom. The Morgan fingerprint density at radius 2 is 1.72 bits per heavy atom. The second-order valence-electron chi connectivity index (χ2n) is 8.00. The zero-order valence-corrected chi connectivity index (χ0v) is 17.5. The molecule has 7 heteroatoms. The average Bonchev–Trinajstić information content (AvgIpc) is 2.72. The van der Waals surface area contributed by atoms with Crippen LogP contribution in [-0.2, 0) is 4.79 Å². The number of aryl methyl sites for hydroxylation is 1. The molecule has 1 fully saturated rings. The summed E-state index contributed by atoms with van der Waals surface area (Å²) in [5, 5.41) is 0. The SMILES string of the molecule is Cc1cc(N2CCN(C(=O)[C@H]3Oc4ccccc4O[C@H]3C)CC2)nc(C(C)C)n1. The van der Waals surface area contributed by atoms with E-state index in [4.69, 9.17) is 14.5 Å². The number of carbonyl (C=O) groups excluding carboxylic acids is 1. The van der Waals surface area contributed by atoms with E-state index >= 15 is 0 Å². The van der Waals surface area contributed by atoms with E-state index in [2.05, 4.69) is 23.7 Å². The van der Waals surface area contributed by atoms with Crippen molar-refractivity contribution in [3.05, 3.63) is 41.9 Å². The fraction of sp³-hybridized carbons (Fsp3) is 0.500. The predicted molar refractivity (Wildman–Crippen MR) is 111 cm³/mol. The number of anilines is 1. The Hall–Kier alpha value is -2.83. The number of nitrogens with zero attached hydrogens (tertiary/aromatic N) is 4. The van der Waals surface area contributed by atoms with Gasteiger partial charge in [0.2, 0.25) is 6.10 Å². The van der Waals surface area contributed by atoms with Gasteiger partial charge in [0, 0.05) is 43.9 Å². The Morgan fingerprint density at radius 1 is 1.07 bits per heavy atom. The van der Waals surface area contributed by atoms with Gasteiger partial charge in [0.1, 0.15) is 17.7 Å². The first-order valence-electron chi connectivity index (χ1n) is 10.2. The van der Waals surface area contributed by atoms with Crippen molar-refractivity contribution in [2.24, 2.45) is 0 Å². The molecule has 3 heterocycles. The summed E-state index contributed by atoms with van der Waals surface area (Å²) in [4.78, 5) is 26.4. The molecule has 0 unspecified atom stereocenters. The smallest absolute Gasteiger partial charge is 0.267 e. The van der Waals surface area contributed by atoms with Crippen LogP contribution in [0.2, 0.25) is 0 Å². The van der Waals surface area contributed by atoms with Gasteiger partial charge in [-0.15, -0.1) is 0 Å². The number of benzene rings is 1. The monoisotopic (exact) mass is 396 g/mol. The number of hydrogen-bond donors (Lipinski definition) is 0. The second kappa shape index (κ2) is 7.89. The third-order valence-electron chi connectivity index (χ3n) is 5.38. The van der Waals surface area contributed by atoms with Crippen molar-refractivity contribution in [1.82, 2.24) is 14.9 Å². The highest BCUT2D eigenvalue weighted by Crippen LogP contribution is 2.34. The minimum Gasteiger partial charge on any atom is -0.482 e. The summed E-state index contributed by atoms with van der Waals surface area (Å²) in [5.41, 5.74) is 0.970. The Labute approximate surface area is 171 Å². The summed E-state index contributed by atoms with van der Waals surface area (Å²) in [6.07, 6.45) is -0.946. The standard InChI is InChI=1S/C22H28N4O3/c1-14(2)21-23-15(3)13-19(24-21)25-9-11-26(12-10-25)22(27)20-16(4)28-17-7-5-6-8-18(17)29-20/h5-8,13-14,16,20H,9-12H2,1-4H3/t16-,20-/m0/s1. The lowest BCUT2D eigenvalue weighted by molar-refractivity contribution is -0.144. The molecular weight excluding hydrogens is 368 g/mol. The molecule has 1 amide bonds. The number of hydrogen-bond acceptors (Lipinski definition) is 6. The van der Waals surface area contributed by atoms with Crippen LogP contribution >= 0.6 is 0 Å². The number of para-hydroxylation sites is 2. The lowest BCUT2D eigenvalue weighted by Gasteiger charge is -2.39. The Bertz CT molecular complexity index is 893. The van der Waals surface area contributed by atoms with Crippen LogP contribution in [0, 0.1) is 6.92 Å². The molecule has 154 valence electrons. The van der Waals surface area contributed by atoms with Crippen LogP contribution in [0.25, 0.3) is 0 Å². The molecule has 0 radical (unpaired) electrons. The third kappa shape index (κ3) is 3.99. The maximum absolute atomic E-state index is 13.1. The van der Waals surface area contributed by atoms with Gasteiger partial charge in [-0.25, -0.2) is 9.97 Å². The van der Waals surface area contributed by atoms with Gasteiger partial charge in [-0.3, -0.25) is 4.79 Å². The van der Waals surface area contributed by atoms with Crippen molar-refractivity contribution in [2.45, 2.75) is 45.8 Å². The molecule has 7 nitrogen and oxygen atoms in total. The van der Waals surface area contributed by atoms with Crippen LogP contribution in [0.1, 0.15) is 38.2 Å². The van der Waals surface area contributed by atoms with Gasteiger partial charge >= 0.3 is 0 Å². The summed E-state index contributed by atoms with van der Waals surface area (Å²) in [6.45, 7) is 10.8. The van der Waals surface area contributed by atoms with Crippen molar-refractivity contribution in [3.63, 3.8) is 0 Å². The van der Waals surface area contributed by atoms with Crippen molar-refractivity contribution in [2.75, 3.05) is 31.1 Å². The lowest BCUT2D eigenvalue weighted by atomic mass is 10.1. The van der Waals surface area contributed by atoms with E-state index in [0.717, 1.165) is 30.4 Å². The highest BCUT2D eigenvalue weighted by atomic mass is 16.6. The molecule has 2 aliphatic rings. The number of amides is 1. The molecule has 1 saturated heterocycles. The van der Waals surface area contributed by atoms with Gasteiger partial charge in [-0.1, -0.05) is 26.0 Å². The molecule has 1 aromatic carbocycles. The van der Waals surface area contributed by atoms with Crippen LogP contribution < -0.4 is 14.4 Å². The van der Waals surface area contributed by atoms with E-state index in [1.165, 1.54) is 0 Å². The van der Waals surface area contributed by atoms with Gasteiger partial charge in [0.05, 0.1) is 0 Å². The van der Waals surface area contributed by atoms with Gasteiger partial charge in [-0.2, -0.15) is 0 Å². The summed E-state index contributed by atoms with van der Waals surface area (Å²) < 4.78 is 11.9. The first kappa shape index (κ1) is 19.5. The molecule has 1 aromatic heterocycles. The molecular formula is C22H28N4O3. The number of ether oxygens (including phenoxy) is 2. The highest BCUT2D eigenvalue weighted by molar-refractivity contribution is 5.82. The largest absolute Gasteiger partial charge is 0.482 e. The fourth-order valence-corrected chi connectivity index (χ4v) is 3.72. The minimum absolute atomic E-state index is 0.0200. The number of rotatable bonds is 3.